The van der Waals surface area contributed by atoms with Crippen molar-refractivity contribution in [2.45, 2.75) is 91.1 Å². The van der Waals surface area contributed by atoms with Gasteiger partial charge in [-0.1, -0.05) is 39.5 Å². The van der Waals surface area contributed by atoms with Gasteiger partial charge in [0.25, 0.3) is 0 Å². The van der Waals surface area contributed by atoms with Crippen LogP contribution in [0.25, 0.3) is 0 Å². The highest BCUT2D eigenvalue weighted by Gasteiger charge is 2.20. The Hall–Kier alpha value is -0.900. The van der Waals surface area contributed by atoms with Crippen molar-refractivity contribution in [3.8, 4) is 0 Å². The summed E-state index contributed by atoms with van der Waals surface area (Å²) in [6.07, 6.45) is 11.5. The lowest BCUT2D eigenvalue weighted by molar-refractivity contribution is -0.123. The van der Waals surface area contributed by atoms with Gasteiger partial charge in [0.2, 0.25) is 5.91 Å². The van der Waals surface area contributed by atoms with E-state index in [2.05, 4.69) is 0 Å². The first-order valence-corrected chi connectivity index (χ1v) is 9.00. The number of hydrogen-bond donors (Lipinski definition) is 1. The fraction of sp³-hybridized carbons (Fsp3) is 0.889. The maximum Gasteiger partial charge on any atom is 0.217 e. The largest absolute Gasteiger partial charge is 0.378 e. The number of carbonyl (C=O) groups is 2. The molecule has 2 rings (SSSR count). The molecule has 4 heteroatoms. The number of carbonyl (C=O) groups excluding carboxylic acids is 2. The molecule has 0 bridgehead atoms. The number of rotatable bonds is 6. The molecule has 0 aromatic rings. The third kappa shape index (κ3) is 10.8. The molecule has 0 aromatic carbocycles. The van der Waals surface area contributed by atoms with Crippen molar-refractivity contribution in [3.05, 3.63) is 0 Å². The van der Waals surface area contributed by atoms with E-state index in [-0.39, 0.29) is 5.91 Å². The number of ether oxygens (including phenoxy) is 1. The molecule has 0 atom stereocenters. The van der Waals surface area contributed by atoms with E-state index in [1.54, 1.807) is 6.92 Å². The van der Waals surface area contributed by atoms with E-state index in [1.165, 1.54) is 38.5 Å². The van der Waals surface area contributed by atoms with Gasteiger partial charge in [0.15, 0.2) is 0 Å². The van der Waals surface area contributed by atoms with Crippen LogP contribution in [0.5, 0.6) is 0 Å². The minimum atomic E-state index is -0.229. The quantitative estimate of drug-likeness (QED) is 0.753. The van der Waals surface area contributed by atoms with Crippen molar-refractivity contribution in [1.82, 2.24) is 0 Å². The molecule has 1 amide bonds. The summed E-state index contributed by atoms with van der Waals surface area (Å²) in [4.78, 5) is 20.8. The van der Waals surface area contributed by atoms with Crippen molar-refractivity contribution in [1.29, 1.82) is 0 Å². The van der Waals surface area contributed by atoms with E-state index in [1.807, 2.05) is 13.8 Å². The standard InChI is InChI=1S/C10H19NO2.C6H10O.C2H6/c11-10(12)7-4-8-13-9-5-2-1-3-6-9;1-5(7)6-3-2-4-6;1-2/h9H,1-8H2,(H2,11,12);6H,2-4H2,1H3;1-2H3. The number of ketones is 1. The van der Waals surface area contributed by atoms with E-state index < -0.39 is 0 Å². The van der Waals surface area contributed by atoms with Gasteiger partial charge in [-0.3, -0.25) is 9.59 Å². The van der Waals surface area contributed by atoms with E-state index >= 15 is 0 Å². The molecule has 0 heterocycles. The lowest BCUT2D eigenvalue weighted by Gasteiger charge is -2.21. The number of nitrogens with two attached hydrogens (primary N) is 1. The summed E-state index contributed by atoms with van der Waals surface area (Å²) in [6, 6.07) is 0. The molecule has 130 valence electrons. The summed E-state index contributed by atoms with van der Waals surface area (Å²) in [7, 11) is 0. The van der Waals surface area contributed by atoms with Crippen LogP contribution in [-0.4, -0.2) is 24.4 Å². The highest BCUT2D eigenvalue weighted by atomic mass is 16.5. The second-order valence-electron chi connectivity index (χ2n) is 5.94. The number of primary amides is 1. The molecule has 0 unspecified atom stereocenters. The van der Waals surface area contributed by atoms with Gasteiger partial charge in [-0.2, -0.15) is 0 Å². The third-order valence-corrected chi connectivity index (χ3v) is 4.15. The van der Waals surface area contributed by atoms with Gasteiger partial charge in [-0.25, -0.2) is 0 Å². The summed E-state index contributed by atoms with van der Waals surface area (Å²) < 4.78 is 5.63. The molecule has 0 spiro atoms. The summed E-state index contributed by atoms with van der Waals surface area (Å²) in [5.41, 5.74) is 5.02. The average Bonchev–Trinajstić information content (AvgIpc) is 2.45. The Bertz CT molecular complexity index is 295. The first-order chi connectivity index (χ1) is 10.6. The first-order valence-electron chi connectivity index (χ1n) is 9.00. The maximum atomic E-state index is 10.4. The van der Waals surface area contributed by atoms with Crippen molar-refractivity contribution in [2.24, 2.45) is 11.7 Å². The summed E-state index contributed by atoms with van der Waals surface area (Å²) in [5.74, 6) is 0.596. The van der Waals surface area contributed by atoms with Crippen molar-refractivity contribution < 1.29 is 14.3 Å². The van der Waals surface area contributed by atoms with Crippen molar-refractivity contribution >= 4 is 11.7 Å². The molecule has 0 aliphatic heterocycles. The van der Waals surface area contributed by atoms with E-state index in [0.717, 1.165) is 19.3 Å². The lowest BCUT2D eigenvalue weighted by Crippen LogP contribution is -2.18. The molecule has 2 aliphatic rings. The molecular formula is C18H35NO3. The monoisotopic (exact) mass is 313 g/mol. The fourth-order valence-corrected chi connectivity index (χ4v) is 2.54. The highest BCUT2D eigenvalue weighted by molar-refractivity contribution is 5.78. The van der Waals surface area contributed by atoms with E-state index in [0.29, 0.717) is 30.8 Å². The Balaban J connectivity index is 0.000000412. The lowest BCUT2D eigenvalue weighted by atomic mass is 9.83. The molecule has 0 radical (unpaired) electrons. The molecule has 2 N–H and O–H groups in total. The van der Waals surface area contributed by atoms with Gasteiger partial charge in [-0.05, 0) is 39.0 Å². The van der Waals surface area contributed by atoms with Crippen LogP contribution in [0.15, 0.2) is 0 Å². The topological polar surface area (TPSA) is 69.4 Å². The van der Waals surface area contributed by atoms with Gasteiger partial charge in [-0.15, -0.1) is 0 Å². The van der Waals surface area contributed by atoms with Crippen LogP contribution in [0.4, 0.5) is 0 Å². The van der Waals surface area contributed by atoms with Crippen molar-refractivity contribution in [3.63, 3.8) is 0 Å². The molecule has 2 fully saturated rings. The maximum absolute atomic E-state index is 10.4. The SMILES string of the molecule is CC.CC(=O)C1CCC1.NC(=O)CCCOC1CCCCC1. The smallest absolute Gasteiger partial charge is 0.217 e. The fourth-order valence-electron chi connectivity index (χ4n) is 2.54. The second kappa shape index (κ2) is 13.7. The zero-order chi connectivity index (χ0) is 16.8. The first kappa shape index (κ1) is 21.1. The van der Waals surface area contributed by atoms with Crippen LogP contribution in [0.2, 0.25) is 0 Å². The predicted molar refractivity (Wildman–Crippen MR) is 90.6 cm³/mol. The average molecular weight is 313 g/mol. The molecule has 4 nitrogen and oxygen atoms in total. The Kier molecular flexibility index (Phi) is 13.2. The summed E-state index contributed by atoms with van der Waals surface area (Å²) >= 11 is 0. The van der Waals surface area contributed by atoms with Crippen molar-refractivity contribution in [2.75, 3.05) is 6.61 Å². The minimum Gasteiger partial charge on any atom is -0.378 e. The molecular weight excluding hydrogens is 278 g/mol. The van der Waals surface area contributed by atoms with Crippen LogP contribution in [0.1, 0.15) is 85.0 Å². The van der Waals surface area contributed by atoms with Gasteiger partial charge >= 0.3 is 0 Å². The molecule has 2 saturated carbocycles. The van der Waals surface area contributed by atoms with Crippen LogP contribution in [0.3, 0.4) is 0 Å². The van der Waals surface area contributed by atoms with E-state index in [4.69, 9.17) is 10.5 Å². The molecule has 2 aliphatic carbocycles. The second-order valence-corrected chi connectivity index (χ2v) is 5.94. The number of amides is 1. The van der Waals surface area contributed by atoms with Crippen LogP contribution in [-0.2, 0) is 14.3 Å². The predicted octanol–water partition coefficient (Wildman–Crippen LogP) is 4.00. The van der Waals surface area contributed by atoms with Gasteiger partial charge in [0, 0.05) is 18.9 Å². The highest BCUT2D eigenvalue weighted by Crippen LogP contribution is 2.26. The zero-order valence-corrected chi connectivity index (χ0v) is 14.7. The third-order valence-electron chi connectivity index (χ3n) is 4.15. The summed E-state index contributed by atoms with van der Waals surface area (Å²) in [6.45, 7) is 6.37. The van der Waals surface area contributed by atoms with E-state index in [9.17, 15) is 9.59 Å². The minimum absolute atomic E-state index is 0.229. The number of hydrogen-bond acceptors (Lipinski definition) is 3. The Morgan fingerprint density at radius 1 is 1.00 bits per heavy atom. The zero-order valence-electron chi connectivity index (χ0n) is 14.7. The van der Waals surface area contributed by atoms with Crippen LogP contribution in [0, 0.1) is 5.92 Å². The molecule has 0 aromatic heterocycles. The van der Waals surface area contributed by atoms with Crippen LogP contribution < -0.4 is 5.73 Å². The van der Waals surface area contributed by atoms with Gasteiger partial charge in [0.05, 0.1) is 6.10 Å². The number of Topliss-reactive ketones (excluding diaryl/α,β-unsaturated/α-hetero) is 1. The summed E-state index contributed by atoms with van der Waals surface area (Å²) in [5, 5.41) is 0. The normalized spacial score (nSPS) is 18.1. The van der Waals surface area contributed by atoms with Crippen LogP contribution >= 0.6 is 0 Å². The molecule has 22 heavy (non-hydrogen) atoms. The molecule has 0 saturated heterocycles. The Labute approximate surface area is 136 Å². The Morgan fingerprint density at radius 2 is 1.59 bits per heavy atom. The van der Waals surface area contributed by atoms with Gasteiger partial charge < -0.3 is 10.5 Å². The van der Waals surface area contributed by atoms with Gasteiger partial charge in [0.1, 0.15) is 5.78 Å². The Morgan fingerprint density at radius 3 is 1.95 bits per heavy atom.